The Hall–Kier alpha value is -0.541. The van der Waals surface area contributed by atoms with Gasteiger partial charge in [-0.2, -0.15) is 0 Å². The monoisotopic (exact) mass is 446 g/mol. The Labute approximate surface area is 167 Å². The predicted octanol–water partition coefficient (Wildman–Crippen LogP) is 5.96. The molecule has 2 atom stereocenters. The van der Waals surface area contributed by atoms with Gasteiger partial charge in [0.15, 0.2) is 0 Å². The molecule has 0 aliphatic rings. The zero-order valence-electron chi connectivity index (χ0n) is 15.0. The number of hydrogen-bond acceptors (Lipinski definition) is 2. The summed E-state index contributed by atoms with van der Waals surface area (Å²) in [7, 11) is 3.53. The molecule has 2 aromatic carbocycles. The summed E-state index contributed by atoms with van der Waals surface area (Å²) in [4.78, 5) is 0. The number of halogens is 2. The maximum atomic E-state index is 6.00. The van der Waals surface area contributed by atoms with Crippen molar-refractivity contribution < 1.29 is 9.47 Å². The Morgan fingerprint density at radius 2 is 1.04 bits per heavy atom. The first-order valence-electron chi connectivity index (χ1n) is 8.03. The topological polar surface area (TPSA) is 18.5 Å². The van der Waals surface area contributed by atoms with Crippen LogP contribution in [0.3, 0.4) is 0 Å². The molecule has 0 aliphatic carbocycles. The number of ether oxygens (including phenoxy) is 2. The molecule has 136 valence electrons. The third-order valence-electron chi connectivity index (χ3n) is 4.57. The van der Waals surface area contributed by atoms with Crippen LogP contribution in [-0.4, -0.2) is 29.2 Å². The summed E-state index contributed by atoms with van der Waals surface area (Å²) in [6.07, 6.45) is 0. The Bertz CT molecular complexity index is 616. The first kappa shape index (κ1) is 20.8. The normalized spacial score (nSPS) is 16.2. The van der Waals surface area contributed by atoms with E-state index >= 15 is 0 Å². The first-order valence-corrected chi connectivity index (χ1v) is 11.2. The summed E-state index contributed by atoms with van der Waals surface area (Å²) in [5.74, 6) is 0. The van der Waals surface area contributed by atoms with Crippen LogP contribution in [0.1, 0.15) is 25.0 Å². The van der Waals surface area contributed by atoms with Gasteiger partial charge in [-0.15, -0.1) is 0 Å². The predicted molar refractivity (Wildman–Crippen MR) is 107 cm³/mol. The van der Waals surface area contributed by atoms with Crippen molar-refractivity contribution in [2.24, 2.45) is 0 Å². The summed E-state index contributed by atoms with van der Waals surface area (Å²) in [5, 5.41) is 3.37. The molecule has 0 saturated heterocycles. The van der Waals surface area contributed by atoms with E-state index in [0.717, 1.165) is 31.8 Å². The zero-order chi connectivity index (χ0) is 18.5. The molecule has 0 saturated carbocycles. The average Bonchev–Trinajstić information content (AvgIpc) is 2.62. The van der Waals surface area contributed by atoms with Crippen LogP contribution in [0, 0.1) is 0 Å². The Kier molecular flexibility index (Phi) is 7.40. The van der Waals surface area contributed by atoms with Gasteiger partial charge in [-0.1, -0.05) is 0 Å². The van der Waals surface area contributed by atoms with E-state index in [-0.39, 0.29) is 11.2 Å². The number of rotatable bonds is 8. The van der Waals surface area contributed by atoms with Crippen molar-refractivity contribution in [1.82, 2.24) is 0 Å². The van der Waals surface area contributed by atoms with Crippen LogP contribution in [0.5, 0.6) is 0 Å². The zero-order valence-corrected chi connectivity index (χ0v) is 18.2. The van der Waals surface area contributed by atoms with Crippen molar-refractivity contribution in [2.45, 2.75) is 35.7 Å². The van der Waals surface area contributed by atoms with Gasteiger partial charge in [-0.25, -0.2) is 0 Å². The minimum atomic E-state index is -0.320. The second-order valence-corrected chi connectivity index (χ2v) is 9.32. The van der Waals surface area contributed by atoms with Crippen LogP contribution < -0.4 is 0 Å². The number of hydrogen-bond donors (Lipinski definition) is 0. The van der Waals surface area contributed by atoms with Crippen molar-refractivity contribution in [2.75, 3.05) is 14.2 Å². The Morgan fingerprint density at radius 3 is 1.32 bits per heavy atom. The van der Waals surface area contributed by atoms with Crippen LogP contribution in [0.25, 0.3) is 0 Å². The summed E-state index contributed by atoms with van der Waals surface area (Å²) in [6, 6.07) is 15.8. The molecule has 2 nitrogen and oxygen atoms in total. The van der Waals surface area contributed by atoms with E-state index in [0.29, 0.717) is 15.0 Å². The fourth-order valence-corrected chi connectivity index (χ4v) is 5.86. The molecular formula is C20H24Cl2O2Se. The average molecular weight is 446 g/mol. The third kappa shape index (κ3) is 5.23. The van der Waals surface area contributed by atoms with Gasteiger partial charge in [-0.05, 0) is 0 Å². The molecule has 0 heterocycles. The van der Waals surface area contributed by atoms with Crippen LogP contribution >= 0.6 is 23.2 Å². The van der Waals surface area contributed by atoms with Crippen molar-refractivity contribution in [1.29, 1.82) is 0 Å². The molecule has 0 radical (unpaired) electrons. The van der Waals surface area contributed by atoms with Gasteiger partial charge in [-0.3, -0.25) is 0 Å². The molecule has 25 heavy (non-hydrogen) atoms. The molecule has 0 aliphatic heterocycles. The second-order valence-electron chi connectivity index (χ2n) is 6.38. The van der Waals surface area contributed by atoms with Crippen molar-refractivity contribution in [3.8, 4) is 0 Å². The first-order chi connectivity index (χ1) is 11.8. The van der Waals surface area contributed by atoms with Crippen molar-refractivity contribution in [3.63, 3.8) is 0 Å². The fraction of sp³-hybridized carbons (Fsp3) is 0.400. The molecular weight excluding hydrogens is 422 g/mol. The Balaban J connectivity index is 2.07. The Morgan fingerprint density at radius 1 is 0.720 bits per heavy atom. The second kappa shape index (κ2) is 8.90. The van der Waals surface area contributed by atoms with Gasteiger partial charge in [0.05, 0.1) is 0 Å². The molecule has 2 aromatic rings. The SMILES string of the molecule is COC(C)(C[Se]CC(C)(OC)c1ccc(Cl)cc1)c1ccc(Cl)cc1. The van der Waals surface area contributed by atoms with Gasteiger partial charge in [0, 0.05) is 0 Å². The van der Waals surface area contributed by atoms with E-state index in [2.05, 4.69) is 13.8 Å². The van der Waals surface area contributed by atoms with Gasteiger partial charge < -0.3 is 0 Å². The van der Waals surface area contributed by atoms with E-state index in [9.17, 15) is 0 Å². The standard InChI is InChI=1S/C20H24Cl2O2Se/c1-19(23-3,15-5-9-17(21)10-6-15)13-25-14-20(2,24-4)16-7-11-18(22)12-8-16/h5-12H,13-14H2,1-4H3. The van der Waals surface area contributed by atoms with Crippen LogP contribution in [-0.2, 0) is 20.7 Å². The van der Waals surface area contributed by atoms with E-state index in [1.54, 1.807) is 14.2 Å². The van der Waals surface area contributed by atoms with Gasteiger partial charge >= 0.3 is 167 Å². The van der Waals surface area contributed by atoms with Gasteiger partial charge in [0.2, 0.25) is 0 Å². The summed E-state index contributed by atoms with van der Waals surface area (Å²) < 4.78 is 11.7. The number of methoxy groups -OCH3 is 2. The molecule has 0 bridgehead atoms. The van der Waals surface area contributed by atoms with Crippen molar-refractivity contribution in [3.05, 3.63) is 69.7 Å². The quantitative estimate of drug-likeness (QED) is 0.466. The third-order valence-corrected chi connectivity index (χ3v) is 8.24. The molecule has 0 amide bonds. The fourth-order valence-electron chi connectivity index (χ4n) is 2.57. The molecule has 0 aromatic heterocycles. The van der Waals surface area contributed by atoms with Crippen LogP contribution in [0.4, 0.5) is 0 Å². The summed E-state index contributed by atoms with van der Waals surface area (Å²) in [6.45, 7) is 4.26. The molecule has 0 spiro atoms. The van der Waals surface area contributed by atoms with Gasteiger partial charge in [0.25, 0.3) is 0 Å². The molecule has 0 fully saturated rings. The van der Waals surface area contributed by atoms with E-state index in [1.165, 1.54) is 0 Å². The van der Waals surface area contributed by atoms with Crippen molar-refractivity contribution >= 4 is 38.2 Å². The van der Waals surface area contributed by atoms with Crippen LogP contribution in [0.2, 0.25) is 20.7 Å². The molecule has 0 N–H and O–H groups in total. The molecule has 5 heteroatoms. The van der Waals surface area contributed by atoms with E-state index in [1.807, 2.05) is 48.5 Å². The van der Waals surface area contributed by atoms with E-state index in [4.69, 9.17) is 32.7 Å². The van der Waals surface area contributed by atoms with Crippen LogP contribution in [0.15, 0.2) is 48.5 Å². The minimum absolute atomic E-state index is 0.320. The van der Waals surface area contributed by atoms with Gasteiger partial charge in [0.1, 0.15) is 0 Å². The number of benzene rings is 2. The molecule has 2 unspecified atom stereocenters. The molecule has 2 rings (SSSR count). The van der Waals surface area contributed by atoms with E-state index < -0.39 is 0 Å². The summed E-state index contributed by atoms with van der Waals surface area (Å²) >= 11 is 12.3. The summed E-state index contributed by atoms with van der Waals surface area (Å²) in [5.41, 5.74) is 1.65. The maximum absolute atomic E-state index is 6.00.